The van der Waals surface area contributed by atoms with Crippen molar-refractivity contribution in [2.24, 2.45) is 0 Å². The molecule has 0 saturated carbocycles. The number of nitrogens with zero attached hydrogens (tertiary/aromatic N) is 3. The SMILES string of the molecule is CCOC(=O)c1cc2cc(OC3CCNCC3)ccc2n1-c1cncnc1. The summed E-state index contributed by atoms with van der Waals surface area (Å²) in [6.45, 7) is 4.06. The number of hydrogen-bond donors (Lipinski definition) is 1. The lowest BCUT2D eigenvalue weighted by molar-refractivity contribution is 0.0517. The van der Waals surface area contributed by atoms with E-state index >= 15 is 0 Å². The summed E-state index contributed by atoms with van der Waals surface area (Å²) in [6, 6.07) is 7.71. The van der Waals surface area contributed by atoms with Crippen LogP contribution in [0.4, 0.5) is 0 Å². The van der Waals surface area contributed by atoms with Crippen molar-refractivity contribution in [1.29, 1.82) is 0 Å². The van der Waals surface area contributed by atoms with Gasteiger partial charge < -0.3 is 19.4 Å². The Morgan fingerprint density at radius 2 is 2.00 bits per heavy atom. The summed E-state index contributed by atoms with van der Waals surface area (Å²) in [6.07, 6.45) is 7.02. The smallest absolute Gasteiger partial charge is 0.355 e. The van der Waals surface area contributed by atoms with Crippen molar-refractivity contribution in [3.63, 3.8) is 0 Å². The third kappa shape index (κ3) is 3.64. The molecule has 3 heterocycles. The van der Waals surface area contributed by atoms with E-state index < -0.39 is 0 Å². The van der Waals surface area contributed by atoms with Gasteiger partial charge in [0.1, 0.15) is 23.9 Å². The number of piperidine rings is 1. The minimum atomic E-state index is -0.377. The van der Waals surface area contributed by atoms with Crippen molar-refractivity contribution in [3.8, 4) is 11.4 Å². The number of benzene rings is 1. The van der Waals surface area contributed by atoms with E-state index in [9.17, 15) is 4.79 Å². The first-order valence-electron chi connectivity index (χ1n) is 9.21. The molecule has 1 N–H and O–H groups in total. The highest BCUT2D eigenvalue weighted by atomic mass is 16.5. The summed E-state index contributed by atoms with van der Waals surface area (Å²) in [5.74, 6) is 0.435. The summed E-state index contributed by atoms with van der Waals surface area (Å²) >= 11 is 0. The molecule has 1 fully saturated rings. The van der Waals surface area contributed by atoms with Crippen molar-refractivity contribution >= 4 is 16.9 Å². The Bertz CT molecular complexity index is 933. The van der Waals surface area contributed by atoms with Crippen LogP contribution in [-0.2, 0) is 4.74 Å². The van der Waals surface area contributed by atoms with Crippen LogP contribution in [0.2, 0.25) is 0 Å². The van der Waals surface area contributed by atoms with Crippen LogP contribution in [-0.4, -0.2) is 46.3 Å². The fraction of sp³-hybridized carbons (Fsp3) is 0.350. The molecule has 140 valence electrons. The first-order chi connectivity index (χ1) is 13.3. The Labute approximate surface area is 157 Å². The first kappa shape index (κ1) is 17.5. The molecular formula is C20H22N4O3. The summed E-state index contributed by atoms with van der Waals surface area (Å²) in [5.41, 5.74) is 2.04. The molecule has 2 aromatic heterocycles. The normalized spacial score (nSPS) is 15.0. The molecule has 1 aliphatic rings. The zero-order chi connectivity index (χ0) is 18.6. The molecule has 0 unspecified atom stereocenters. The van der Waals surface area contributed by atoms with E-state index in [2.05, 4.69) is 15.3 Å². The van der Waals surface area contributed by atoms with E-state index in [1.807, 2.05) is 28.8 Å². The van der Waals surface area contributed by atoms with Crippen LogP contribution >= 0.6 is 0 Å². The molecule has 1 aromatic carbocycles. The zero-order valence-corrected chi connectivity index (χ0v) is 15.2. The summed E-state index contributed by atoms with van der Waals surface area (Å²) in [5, 5.41) is 4.25. The summed E-state index contributed by atoms with van der Waals surface area (Å²) in [7, 11) is 0. The minimum absolute atomic E-state index is 0.220. The quantitative estimate of drug-likeness (QED) is 0.700. The maximum Gasteiger partial charge on any atom is 0.355 e. The van der Waals surface area contributed by atoms with Gasteiger partial charge in [0.15, 0.2) is 0 Å². The average molecular weight is 366 g/mol. The van der Waals surface area contributed by atoms with Gasteiger partial charge in [-0.1, -0.05) is 0 Å². The maximum absolute atomic E-state index is 12.5. The van der Waals surface area contributed by atoms with Gasteiger partial charge in [0.05, 0.1) is 30.2 Å². The highest BCUT2D eigenvalue weighted by Gasteiger charge is 2.20. The number of carbonyl (C=O) groups excluding carboxylic acids is 1. The predicted molar refractivity (Wildman–Crippen MR) is 101 cm³/mol. The summed E-state index contributed by atoms with van der Waals surface area (Å²) in [4.78, 5) is 20.6. The van der Waals surface area contributed by atoms with Gasteiger partial charge in [0.25, 0.3) is 0 Å². The molecule has 1 aliphatic heterocycles. The van der Waals surface area contributed by atoms with Crippen LogP contribution in [0.1, 0.15) is 30.3 Å². The van der Waals surface area contributed by atoms with Crippen LogP contribution < -0.4 is 10.1 Å². The van der Waals surface area contributed by atoms with Gasteiger partial charge in [-0.2, -0.15) is 0 Å². The van der Waals surface area contributed by atoms with Gasteiger partial charge in [-0.3, -0.25) is 0 Å². The molecule has 0 aliphatic carbocycles. The first-order valence-corrected chi connectivity index (χ1v) is 9.21. The highest BCUT2D eigenvalue weighted by Crippen LogP contribution is 2.29. The number of carbonyl (C=O) groups is 1. The second-order valence-corrected chi connectivity index (χ2v) is 6.47. The van der Waals surface area contributed by atoms with E-state index in [0.717, 1.165) is 42.6 Å². The average Bonchev–Trinajstić information content (AvgIpc) is 3.08. The Morgan fingerprint density at radius 1 is 1.22 bits per heavy atom. The zero-order valence-electron chi connectivity index (χ0n) is 15.2. The minimum Gasteiger partial charge on any atom is -0.490 e. The number of aromatic nitrogens is 3. The van der Waals surface area contributed by atoms with Gasteiger partial charge in [-0.15, -0.1) is 0 Å². The molecule has 1 saturated heterocycles. The topological polar surface area (TPSA) is 78.3 Å². The Morgan fingerprint density at radius 3 is 2.74 bits per heavy atom. The molecule has 7 heteroatoms. The van der Waals surface area contributed by atoms with Crippen LogP contribution in [0.15, 0.2) is 43.0 Å². The number of fused-ring (bicyclic) bond motifs is 1. The summed E-state index contributed by atoms with van der Waals surface area (Å²) < 4.78 is 13.2. The number of rotatable bonds is 5. The maximum atomic E-state index is 12.5. The number of ether oxygens (including phenoxy) is 2. The Kier molecular flexibility index (Phi) is 5.02. The standard InChI is InChI=1S/C20H22N4O3/c1-2-26-20(25)19-10-14-9-17(27-16-5-7-21-8-6-16)3-4-18(14)24(19)15-11-22-13-23-12-15/h3-4,9-13,16,21H,2,5-8H2,1H3. The van der Waals surface area contributed by atoms with E-state index in [-0.39, 0.29) is 12.1 Å². The predicted octanol–water partition coefficient (Wildman–Crippen LogP) is 2.73. The van der Waals surface area contributed by atoms with Crippen LogP contribution in [0.3, 0.4) is 0 Å². The molecule has 0 atom stereocenters. The lowest BCUT2D eigenvalue weighted by Gasteiger charge is -2.23. The molecule has 4 rings (SSSR count). The number of hydrogen-bond acceptors (Lipinski definition) is 6. The monoisotopic (exact) mass is 366 g/mol. The van der Waals surface area contributed by atoms with Crippen LogP contribution in [0.25, 0.3) is 16.6 Å². The fourth-order valence-electron chi connectivity index (χ4n) is 3.41. The third-order valence-electron chi connectivity index (χ3n) is 4.65. The highest BCUT2D eigenvalue weighted by molar-refractivity contribution is 5.97. The Balaban J connectivity index is 1.74. The second kappa shape index (κ2) is 7.75. The van der Waals surface area contributed by atoms with E-state index in [1.54, 1.807) is 19.3 Å². The molecule has 27 heavy (non-hydrogen) atoms. The molecule has 3 aromatic rings. The number of nitrogens with one attached hydrogen (secondary N) is 1. The van der Waals surface area contributed by atoms with Crippen molar-refractivity contribution < 1.29 is 14.3 Å². The second-order valence-electron chi connectivity index (χ2n) is 6.47. The van der Waals surface area contributed by atoms with Gasteiger partial charge in [0, 0.05) is 5.39 Å². The van der Waals surface area contributed by atoms with E-state index in [4.69, 9.17) is 9.47 Å². The molecule has 0 bridgehead atoms. The third-order valence-corrected chi connectivity index (χ3v) is 4.65. The van der Waals surface area contributed by atoms with Gasteiger partial charge in [-0.25, -0.2) is 14.8 Å². The van der Waals surface area contributed by atoms with Gasteiger partial charge >= 0.3 is 5.97 Å². The molecule has 0 spiro atoms. The largest absolute Gasteiger partial charge is 0.490 e. The number of esters is 1. The van der Waals surface area contributed by atoms with Crippen molar-refractivity contribution in [2.45, 2.75) is 25.9 Å². The lowest BCUT2D eigenvalue weighted by Crippen LogP contribution is -2.34. The van der Waals surface area contributed by atoms with E-state index in [0.29, 0.717) is 18.0 Å². The molecule has 7 nitrogen and oxygen atoms in total. The van der Waals surface area contributed by atoms with Crippen LogP contribution in [0, 0.1) is 0 Å². The van der Waals surface area contributed by atoms with Crippen LogP contribution in [0.5, 0.6) is 5.75 Å². The fourth-order valence-corrected chi connectivity index (χ4v) is 3.41. The molecule has 0 amide bonds. The van der Waals surface area contributed by atoms with Gasteiger partial charge in [-0.05, 0) is 57.1 Å². The Hall–Kier alpha value is -2.93. The lowest BCUT2D eigenvalue weighted by atomic mass is 10.1. The molecular weight excluding hydrogens is 344 g/mol. The van der Waals surface area contributed by atoms with E-state index in [1.165, 1.54) is 6.33 Å². The van der Waals surface area contributed by atoms with Crippen molar-refractivity contribution in [1.82, 2.24) is 19.9 Å². The van der Waals surface area contributed by atoms with Gasteiger partial charge in [0.2, 0.25) is 0 Å². The molecule has 0 radical (unpaired) electrons. The van der Waals surface area contributed by atoms with Crippen molar-refractivity contribution in [3.05, 3.63) is 48.7 Å². The van der Waals surface area contributed by atoms with Crippen molar-refractivity contribution in [2.75, 3.05) is 19.7 Å².